The molecule has 0 aromatic heterocycles. The number of phenols is 1. The Balaban J connectivity index is 2.36. The average molecular weight is 277 g/mol. The number of hydrogen-bond acceptors (Lipinski definition) is 3. The Morgan fingerprint density at radius 3 is 2.75 bits per heavy atom. The highest BCUT2D eigenvalue weighted by atomic mass is 16.6. The van der Waals surface area contributed by atoms with Gasteiger partial charge in [-0.2, -0.15) is 0 Å². The third-order valence-corrected chi connectivity index (χ3v) is 2.55. The lowest BCUT2D eigenvalue weighted by molar-refractivity contribution is 0.0529. The van der Waals surface area contributed by atoms with Crippen molar-refractivity contribution in [1.29, 1.82) is 0 Å². The molecule has 0 unspecified atom stereocenters. The molecule has 1 rings (SSSR count). The second-order valence-corrected chi connectivity index (χ2v) is 5.63. The maximum Gasteiger partial charge on any atom is 0.407 e. The first-order valence-electron chi connectivity index (χ1n) is 6.71. The summed E-state index contributed by atoms with van der Waals surface area (Å²) in [6, 6.07) is 5.60. The molecule has 0 fully saturated rings. The van der Waals surface area contributed by atoms with E-state index in [4.69, 9.17) is 4.74 Å². The van der Waals surface area contributed by atoms with Crippen LogP contribution in [0.25, 0.3) is 6.08 Å². The first kappa shape index (κ1) is 16.1. The zero-order chi connectivity index (χ0) is 15.2. The molecule has 2 N–H and O–H groups in total. The summed E-state index contributed by atoms with van der Waals surface area (Å²) in [7, 11) is 0. The summed E-state index contributed by atoms with van der Waals surface area (Å²) < 4.78 is 5.12. The Bertz CT molecular complexity index is 487. The number of amides is 1. The van der Waals surface area contributed by atoms with Crippen molar-refractivity contribution < 1.29 is 14.6 Å². The minimum absolute atomic E-state index is 0.295. The Hall–Kier alpha value is -1.97. The number of aromatic hydroxyl groups is 1. The smallest absolute Gasteiger partial charge is 0.407 e. The first-order valence-corrected chi connectivity index (χ1v) is 6.71. The zero-order valence-corrected chi connectivity index (χ0v) is 12.6. The second-order valence-electron chi connectivity index (χ2n) is 5.63. The molecule has 0 radical (unpaired) electrons. The fourth-order valence-electron chi connectivity index (χ4n) is 1.60. The van der Waals surface area contributed by atoms with E-state index < -0.39 is 11.7 Å². The highest BCUT2D eigenvalue weighted by molar-refractivity contribution is 5.67. The van der Waals surface area contributed by atoms with Crippen molar-refractivity contribution in [2.24, 2.45) is 0 Å². The van der Waals surface area contributed by atoms with Crippen molar-refractivity contribution in [3.8, 4) is 5.75 Å². The molecule has 20 heavy (non-hydrogen) atoms. The molecular weight excluding hydrogens is 254 g/mol. The van der Waals surface area contributed by atoms with Crippen LogP contribution in [0.15, 0.2) is 24.3 Å². The highest BCUT2D eigenvalue weighted by Crippen LogP contribution is 2.22. The molecule has 4 heteroatoms. The fourth-order valence-corrected chi connectivity index (χ4v) is 1.60. The lowest BCUT2D eigenvalue weighted by Gasteiger charge is -2.19. The molecule has 0 spiro atoms. The normalized spacial score (nSPS) is 11.6. The summed E-state index contributed by atoms with van der Waals surface area (Å²) in [5.74, 6) is 0.295. The molecule has 1 aromatic rings. The summed E-state index contributed by atoms with van der Waals surface area (Å²) in [6.07, 6.45) is 4.02. The van der Waals surface area contributed by atoms with Crippen LogP contribution >= 0.6 is 0 Å². The second kappa shape index (κ2) is 6.98. The minimum Gasteiger partial charge on any atom is -0.507 e. The molecular formula is C16H23NO3. The van der Waals surface area contributed by atoms with Crippen LogP contribution < -0.4 is 5.32 Å². The molecule has 0 saturated heterocycles. The quantitative estimate of drug-likeness (QED) is 0.826. The number of para-hydroxylation sites is 1. The zero-order valence-electron chi connectivity index (χ0n) is 12.6. The van der Waals surface area contributed by atoms with E-state index in [2.05, 4.69) is 5.32 Å². The van der Waals surface area contributed by atoms with Crippen LogP contribution in [-0.2, 0) is 4.74 Å². The Morgan fingerprint density at radius 2 is 2.10 bits per heavy atom. The van der Waals surface area contributed by atoms with E-state index in [0.29, 0.717) is 18.7 Å². The topological polar surface area (TPSA) is 58.6 Å². The SMILES string of the molecule is Cc1cccc(C=CCCNC(=O)OC(C)(C)C)c1O. The molecule has 0 aliphatic rings. The van der Waals surface area contributed by atoms with Gasteiger partial charge in [0.05, 0.1) is 0 Å². The van der Waals surface area contributed by atoms with Gasteiger partial charge in [0.15, 0.2) is 0 Å². The summed E-state index contributed by atoms with van der Waals surface area (Å²) in [5.41, 5.74) is 1.15. The number of hydrogen-bond donors (Lipinski definition) is 2. The van der Waals surface area contributed by atoms with Crippen molar-refractivity contribution in [2.45, 2.75) is 39.7 Å². The molecule has 0 aliphatic heterocycles. The number of nitrogens with one attached hydrogen (secondary N) is 1. The van der Waals surface area contributed by atoms with Gasteiger partial charge in [-0.1, -0.05) is 30.4 Å². The summed E-state index contributed by atoms with van der Waals surface area (Å²) in [6.45, 7) is 7.84. The maximum atomic E-state index is 11.4. The molecule has 1 amide bonds. The molecule has 0 atom stereocenters. The molecule has 0 saturated carbocycles. The highest BCUT2D eigenvalue weighted by Gasteiger charge is 2.15. The molecule has 0 aliphatic carbocycles. The van der Waals surface area contributed by atoms with Crippen molar-refractivity contribution in [3.05, 3.63) is 35.4 Å². The van der Waals surface area contributed by atoms with Gasteiger partial charge in [0, 0.05) is 12.1 Å². The van der Waals surface area contributed by atoms with Crippen LogP contribution in [0.2, 0.25) is 0 Å². The monoisotopic (exact) mass is 277 g/mol. The number of rotatable bonds is 4. The lowest BCUT2D eigenvalue weighted by atomic mass is 10.1. The van der Waals surface area contributed by atoms with Gasteiger partial charge >= 0.3 is 6.09 Å². The Kier molecular flexibility index (Phi) is 5.62. The lowest BCUT2D eigenvalue weighted by Crippen LogP contribution is -2.32. The fraction of sp³-hybridized carbons (Fsp3) is 0.438. The number of carbonyl (C=O) groups excluding carboxylic acids is 1. The van der Waals surface area contributed by atoms with Crippen LogP contribution in [0, 0.1) is 6.92 Å². The number of carbonyl (C=O) groups is 1. The largest absolute Gasteiger partial charge is 0.507 e. The third-order valence-electron chi connectivity index (χ3n) is 2.55. The average Bonchev–Trinajstić information content (AvgIpc) is 2.31. The summed E-state index contributed by atoms with van der Waals surface area (Å²) in [5, 5.41) is 12.5. The number of benzene rings is 1. The van der Waals surface area contributed by atoms with Gasteiger partial charge in [-0.15, -0.1) is 0 Å². The van der Waals surface area contributed by atoms with E-state index >= 15 is 0 Å². The Labute approximate surface area is 120 Å². The number of alkyl carbamates (subject to hydrolysis) is 1. The van der Waals surface area contributed by atoms with Crippen LogP contribution in [-0.4, -0.2) is 23.3 Å². The molecule has 0 bridgehead atoms. The first-order chi connectivity index (χ1) is 9.29. The van der Waals surface area contributed by atoms with Gasteiger partial charge in [0.1, 0.15) is 11.4 Å². The van der Waals surface area contributed by atoms with Gasteiger partial charge in [-0.3, -0.25) is 0 Å². The van der Waals surface area contributed by atoms with E-state index in [1.165, 1.54) is 0 Å². The number of phenolic OH excluding ortho intramolecular Hbond substituents is 1. The van der Waals surface area contributed by atoms with Crippen molar-refractivity contribution in [1.82, 2.24) is 5.32 Å². The van der Waals surface area contributed by atoms with E-state index in [1.54, 1.807) is 0 Å². The van der Waals surface area contributed by atoms with Gasteiger partial charge in [0.2, 0.25) is 0 Å². The number of ether oxygens (including phenoxy) is 1. The maximum absolute atomic E-state index is 11.4. The van der Waals surface area contributed by atoms with Gasteiger partial charge < -0.3 is 15.2 Å². The van der Waals surface area contributed by atoms with Crippen molar-refractivity contribution >= 4 is 12.2 Å². The molecule has 0 heterocycles. The summed E-state index contributed by atoms with van der Waals surface area (Å²) >= 11 is 0. The molecule has 4 nitrogen and oxygen atoms in total. The van der Waals surface area contributed by atoms with Crippen molar-refractivity contribution in [3.63, 3.8) is 0 Å². The number of aryl methyl sites for hydroxylation is 1. The minimum atomic E-state index is -0.479. The third kappa shape index (κ3) is 5.78. The molecule has 110 valence electrons. The van der Waals surface area contributed by atoms with E-state index in [9.17, 15) is 9.90 Å². The predicted molar refractivity (Wildman–Crippen MR) is 80.7 cm³/mol. The van der Waals surface area contributed by atoms with E-state index in [1.807, 2.05) is 58.0 Å². The predicted octanol–water partition coefficient (Wildman–Crippen LogP) is 3.63. The van der Waals surface area contributed by atoms with Gasteiger partial charge in [-0.25, -0.2) is 4.79 Å². The van der Waals surface area contributed by atoms with E-state index in [-0.39, 0.29) is 0 Å². The van der Waals surface area contributed by atoms with Gasteiger partial charge in [0.25, 0.3) is 0 Å². The van der Waals surface area contributed by atoms with E-state index in [0.717, 1.165) is 11.1 Å². The molecule has 1 aromatic carbocycles. The van der Waals surface area contributed by atoms with Gasteiger partial charge in [-0.05, 0) is 39.7 Å². The standard InChI is InChI=1S/C16H23NO3/c1-12-8-7-10-13(14(12)18)9-5-6-11-17-15(19)20-16(2,3)4/h5,7-10,18H,6,11H2,1-4H3,(H,17,19). The van der Waals surface area contributed by atoms with Crippen LogP contribution in [0.3, 0.4) is 0 Å². The summed E-state index contributed by atoms with van der Waals surface area (Å²) in [4.78, 5) is 11.4. The Morgan fingerprint density at radius 1 is 1.40 bits per heavy atom. The van der Waals surface area contributed by atoms with Crippen LogP contribution in [0.1, 0.15) is 38.3 Å². The van der Waals surface area contributed by atoms with Crippen LogP contribution in [0.5, 0.6) is 5.75 Å². The van der Waals surface area contributed by atoms with Crippen molar-refractivity contribution in [2.75, 3.05) is 6.54 Å². The van der Waals surface area contributed by atoms with Crippen LogP contribution in [0.4, 0.5) is 4.79 Å².